The molecule has 1 amide bonds. The number of hydrogen-bond acceptors (Lipinski definition) is 2. The lowest BCUT2D eigenvalue weighted by molar-refractivity contribution is 0.0891. The van der Waals surface area contributed by atoms with Crippen molar-refractivity contribution in [3.63, 3.8) is 0 Å². The van der Waals surface area contributed by atoms with Gasteiger partial charge in [0, 0.05) is 11.6 Å². The first-order valence-corrected chi connectivity index (χ1v) is 7.71. The molecule has 0 bridgehead atoms. The summed E-state index contributed by atoms with van der Waals surface area (Å²) in [7, 11) is 0. The van der Waals surface area contributed by atoms with Crippen molar-refractivity contribution in [2.45, 2.75) is 45.6 Å². The Balaban J connectivity index is 2.02. The summed E-state index contributed by atoms with van der Waals surface area (Å²) in [5.41, 5.74) is 7.45. The summed E-state index contributed by atoms with van der Waals surface area (Å²) in [6, 6.07) is 8.11. The van der Waals surface area contributed by atoms with Crippen LogP contribution in [-0.2, 0) is 6.42 Å². The fourth-order valence-electron chi connectivity index (χ4n) is 3.07. The Morgan fingerprint density at radius 1 is 1.35 bits per heavy atom. The summed E-state index contributed by atoms with van der Waals surface area (Å²) >= 11 is 0. The first-order chi connectivity index (χ1) is 9.61. The van der Waals surface area contributed by atoms with Crippen molar-refractivity contribution >= 4 is 5.91 Å². The molecular formula is C17H26N2O. The number of carbonyl (C=O) groups is 1. The van der Waals surface area contributed by atoms with Gasteiger partial charge in [0.05, 0.1) is 0 Å². The first-order valence-electron chi connectivity index (χ1n) is 7.71. The van der Waals surface area contributed by atoms with E-state index < -0.39 is 0 Å². The zero-order valence-electron chi connectivity index (χ0n) is 12.6. The maximum absolute atomic E-state index is 12.4. The summed E-state index contributed by atoms with van der Waals surface area (Å²) in [6.45, 7) is 5.15. The molecule has 1 fully saturated rings. The van der Waals surface area contributed by atoms with Gasteiger partial charge in [0.2, 0.25) is 0 Å². The van der Waals surface area contributed by atoms with Crippen LogP contribution in [0.1, 0.15) is 49.0 Å². The van der Waals surface area contributed by atoms with E-state index in [1.807, 2.05) is 24.3 Å². The molecule has 1 aromatic carbocycles. The fourth-order valence-corrected chi connectivity index (χ4v) is 3.07. The molecule has 0 heterocycles. The summed E-state index contributed by atoms with van der Waals surface area (Å²) < 4.78 is 0. The summed E-state index contributed by atoms with van der Waals surface area (Å²) in [5, 5.41) is 3.21. The molecule has 3 heteroatoms. The van der Waals surface area contributed by atoms with Gasteiger partial charge in [0.25, 0.3) is 5.91 Å². The molecule has 3 nitrogen and oxygen atoms in total. The van der Waals surface area contributed by atoms with Crippen molar-refractivity contribution in [1.82, 2.24) is 5.32 Å². The van der Waals surface area contributed by atoms with Gasteiger partial charge >= 0.3 is 0 Å². The smallest absolute Gasteiger partial charge is 0.251 e. The van der Waals surface area contributed by atoms with Crippen LogP contribution in [0.4, 0.5) is 0 Å². The number of benzene rings is 1. The van der Waals surface area contributed by atoms with Gasteiger partial charge in [-0.1, -0.05) is 38.8 Å². The number of nitrogens with two attached hydrogens (primary N) is 1. The molecule has 1 aromatic rings. The third-order valence-corrected chi connectivity index (χ3v) is 4.65. The number of amides is 1. The Hall–Kier alpha value is -1.35. The van der Waals surface area contributed by atoms with Crippen molar-refractivity contribution in [2.24, 2.45) is 17.6 Å². The van der Waals surface area contributed by atoms with Gasteiger partial charge in [0.1, 0.15) is 0 Å². The zero-order valence-corrected chi connectivity index (χ0v) is 12.6. The largest absolute Gasteiger partial charge is 0.349 e. The Bertz CT molecular complexity index is 458. The van der Waals surface area contributed by atoms with Crippen molar-refractivity contribution in [2.75, 3.05) is 6.54 Å². The van der Waals surface area contributed by atoms with Gasteiger partial charge < -0.3 is 11.1 Å². The molecule has 0 spiro atoms. The van der Waals surface area contributed by atoms with E-state index in [1.54, 1.807) is 0 Å². The molecule has 1 aliphatic rings. The number of nitrogens with one attached hydrogen (secondary N) is 1. The Morgan fingerprint density at radius 2 is 2.15 bits per heavy atom. The van der Waals surface area contributed by atoms with Gasteiger partial charge in [-0.15, -0.1) is 0 Å². The van der Waals surface area contributed by atoms with Crippen LogP contribution in [0.15, 0.2) is 24.3 Å². The molecule has 1 saturated carbocycles. The van der Waals surface area contributed by atoms with Crippen LogP contribution < -0.4 is 11.1 Å². The average Bonchev–Trinajstić information content (AvgIpc) is 2.44. The Labute approximate surface area is 121 Å². The highest BCUT2D eigenvalue weighted by Crippen LogP contribution is 2.29. The van der Waals surface area contributed by atoms with Crippen LogP contribution in [0.2, 0.25) is 0 Å². The van der Waals surface area contributed by atoms with Crippen LogP contribution in [0, 0.1) is 11.8 Å². The van der Waals surface area contributed by atoms with E-state index in [9.17, 15) is 4.79 Å². The quantitative estimate of drug-likeness (QED) is 0.887. The fraction of sp³-hybridized carbons (Fsp3) is 0.588. The summed E-state index contributed by atoms with van der Waals surface area (Å²) in [6.07, 6.45) is 4.40. The molecule has 3 N–H and O–H groups in total. The Kier molecular flexibility index (Phi) is 5.18. The van der Waals surface area contributed by atoms with Crippen molar-refractivity contribution in [1.29, 1.82) is 0 Å². The van der Waals surface area contributed by atoms with Gasteiger partial charge in [-0.05, 0) is 48.9 Å². The normalized spacial score (nSPS) is 26.2. The van der Waals surface area contributed by atoms with Gasteiger partial charge in [0.15, 0.2) is 0 Å². The maximum Gasteiger partial charge on any atom is 0.251 e. The average molecular weight is 274 g/mol. The maximum atomic E-state index is 12.4. The van der Waals surface area contributed by atoms with Crippen molar-refractivity contribution in [3.8, 4) is 0 Å². The topological polar surface area (TPSA) is 55.1 Å². The van der Waals surface area contributed by atoms with Gasteiger partial charge in [-0.2, -0.15) is 0 Å². The molecule has 0 saturated heterocycles. The van der Waals surface area contributed by atoms with Crippen LogP contribution in [-0.4, -0.2) is 18.5 Å². The second-order valence-electron chi connectivity index (χ2n) is 6.09. The van der Waals surface area contributed by atoms with E-state index in [4.69, 9.17) is 5.73 Å². The minimum Gasteiger partial charge on any atom is -0.349 e. The number of hydrogen-bond donors (Lipinski definition) is 2. The van der Waals surface area contributed by atoms with Crippen LogP contribution in [0.3, 0.4) is 0 Å². The SMILES string of the molecule is CC1CCCC(NC(=O)c2cccc(CCN)c2)C1C. The van der Waals surface area contributed by atoms with E-state index in [0.717, 1.165) is 24.0 Å². The lowest BCUT2D eigenvalue weighted by Crippen LogP contribution is -2.43. The zero-order chi connectivity index (χ0) is 14.5. The lowest BCUT2D eigenvalue weighted by Gasteiger charge is -2.34. The monoisotopic (exact) mass is 274 g/mol. The van der Waals surface area contributed by atoms with E-state index in [2.05, 4.69) is 19.2 Å². The van der Waals surface area contributed by atoms with Crippen LogP contribution >= 0.6 is 0 Å². The van der Waals surface area contributed by atoms with E-state index in [0.29, 0.717) is 24.4 Å². The van der Waals surface area contributed by atoms with E-state index >= 15 is 0 Å². The van der Waals surface area contributed by atoms with Gasteiger partial charge in [-0.3, -0.25) is 4.79 Å². The second-order valence-corrected chi connectivity index (χ2v) is 6.09. The number of rotatable bonds is 4. The molecular weight excluding hydrogens is 248 g/mol. The number of carbonyl (C=O) groups excluding carboxylic acids is 1. The molecule has 3 atom stereocenters. The third kappa shape index (κ3) is 3.60. The minimum absolute atomic E-state index is 0.0508. The van der Waals surface area contributed by atoms with E-state index in [1.165, 1.54) is 12.8 Å². The molecule has 110 valence electrons. The molecule has 3 unspecified atom stereocenters. The lowest BCUT2D eigenvalue weighted by atomic mass is 9.78. The second kappa shape index (κ2) is 6.89. The van der Waals surface area contributed by atoms with E-state index in [-0.39, 0.29) is 5.91 Å². The summed E-state index contributed by atoms with van der Waals surface area (Å²) in [5.74, 6) is 1.30. The molecule has 0 radical (unpaired) electrons. The first kappa shape index (κ1) is 15.0. The summed E-state index contributed by atoms with van der Waals surface area (Å²) in [4.78, 5) is 12.4. The predicted octanol–water partition coefficient (Wildman–Crippen LogP) is 2.74. The van der Waals surface area contributed by atoms with Crippen LogP contribution in [0.5, 0.6) is 0 Å². The molecule has 0 aliphatic heterocycles. The van der Waals surface area contributed by atoms with Crippen LogP contribution in [0.25, 0.3) is 0 Å². The molecule has 1 aliphatic carbocycles. The molecule has 2 rings (SSSR count). The van der Waals surface area contributed by atoms with Crippen molar-refractivity contribution in [3.05, 3.63) is 35.4 Å². The predicted molar refractivity (Wildman–Crippen MR) is 82.6 cm³/mol. The Morgan fingerprint density at radius 3 is 2.90 bits per heavy atom. The minimum atomic E-state index is 0.0508. The highest BCUT2D eigenvalue weighted by atomic mass is 16.1. The third-order valence-electron chi connectivity index (χ3n) is 4.65. The molecule has 0 aromatic heterocycles. The standard InChI is InChI=1S/C17H26N2O/c1-12-5-3-8-16(13(12)2)19-17(20)15-7-4-6-14(11-15)9-10-18/h4,6-7,11-13,16H,3,5,8-10,18H2,1-2H3,(H,19,20). The van der Waals surface area contributed by atoms with Crippen molar-refractivity contribution < 1.29 is 4.79 Å². The highest BCUT2D eigenvalue weighted by Gasteiger charge is 2.28. The van der Waals surface area contributed by atoms with Gasteiger partial charge in [-0.25, -0.2) is 0 Å². The molecule has 20 heavy (non-hydrogen) atoms. The highest BCUT2D eigenvalue weighted by molar-refractivity contribution is 5.94.